The molecule has 8 heteroatoms. The van der Waals surface area contributed by atoms with E-state index in [1.165, 1.54) is 32.6 Å². The lowest BCUT2D eigenvalue weighted by molar-refractivity contribution is -0.310. The molecule has 6 aliphatic rings. The van der Waals surface area contributed by atoms with E-state index in [9.17, 15) is 13.2 Å². The number of aryl methyl sites for hydroxylation is 1. The van der Waals surface area contributed by atoms with Crippen molar-refractivity contribution in [2.75, 3.05) is 6.61 Å². The number of hydrogen-bond acceptors (Lipinski definition) is 7. The first-order valence-corrected chi connectivity index (χ1v) is 18.7. The van der Waals surface area contributed by atoms with E-state index in [2.05, 4.69) is 27.7 Å². The highest BCUT2D eigenvalue weighted by Gasteiger charge is 2.71. The van der Waals surface area contributed by atoms with Crippen LogP contribution < -0.4 is 0 Å². The number of hydrogen-bond donors (Lipinski definition) is 0. The maximum atomic E-state index is 13.5. The summed E-state index contributed by atoms with van der Waals surface area (Å²) in [6.07, 6.45) is 9.04. The van der Waals surface area contributed by atoms with Crippen LogP contribution in [0.1, 0.15) is 98.0 Å². The molecular formula is C36H52O7S. The molecule has 13 atom stereocenters. The highest BCUT2D eigenvalue weighted by molar-refractivity contribution is 7.86. The van der Waals surface area contributed by atoms with Crippen LogP contribution in [0.15, 0.2) is 29.2 Å². The van der Waals surface area contributed by atoms with Crippen LogP contribution in [-0.2, 0) is 33.3 Å². The van der Waals surface area contributed by atoms with Gasteiger partial charge in [0.1, 0.15) is 12.2 Å². The van der Waals surface area contributed by atoms with Gasteiger partial charge in [0.25, 0.3) is 10.1 Å². The van der Waals surface area contributed by atoms with Gasteiger partial charge in [-0.25, -0.2) is 0 Å². The molecule has 0 bridgehead atoms. The van der Waals surface area contributed by atoms with Gasteiger partial charge in [0.2, 0.25) is 0 Å². The molecule has 2 heterocycles. The molecule has 0 radical (unpaired) electrons. The molecule has 2 aliphatic heterocycles. The van der Waals surface area contributed by atoms with Gasteiger partial charge in [-0.1, -0.05) is 45.4 Å². The Labute approximate surface area is 264 Å². The molecular weight excluding hydrogens is 576 g/mol. The van der Waals surface area contributed by atoms with Crippen molar-refractivity contribution < 1.29 is 31.6 Å². The zero-order valence-corrected chi connectivity index (χ0v) is 28.2. The number of esters is 1. The molecule has 7 nitrogen and oxygen atoms in total. The average molecular weight is 629 g/mol. The van der Waals surface area contributed by atoms with Gasteiger partial charge in [0, 0.05) is 12.8 Å². The second-order valence-corrected chi connectivity index (χ2v) is 17.7. The predicted octanol–water partition coefficient (Wildman–Crippen LogP) is 7.06. The zero-order chi connectivity index (χ0) is 31.2. The molecule has 0 unspecified atom stereocenters. The van der Waals surface area contributed by atoms with Crippen molar-refractivity contribution >= 4 is 16.1 Å². The molecule has 244 valence electrons. The van der Waals surface area contributed by atoms with Gasteiger partial charge in [-0.3, -0.25) is 8.98 Å². The van der Waals surface area contributed by atoms with Crippen molar-refractivity contribution in [3.63, 3.8) is 0 Å². The summed E-state index contributed by atoms with van der Waals surface area (Å²) in [4.78, 5) is 11.9. The highest BCUT2D eigenvalue weighted by atomic mass is 32.2. The Kier molecular flexibility index (Phi) is 7.63. The fraction of sp³-hybridized carbons (Fsp3) is 0.806. The van der Waals surface area contributed by atoms with E-state index in [-0.39, 0.29) is 40.3 Å². The standard InChI is InChI=1S/C36H52O7S/c1-21-7-10-27(11-8-21)44(38,39)43-32-17-22(2)20-40-36(32)23(3)33-31(42-36)19-30-28-12-9-25-18-26(41-24(4)37)13-15-34(25,5)29(28)14-16-35(30,33)6/h7-8,10-11,22-23,25-26,28-33H,9,12-20H2,1-6H3/t22-,23-,25+,26-,28+,29-,30-,31-,32-,33-,34-,35-,36-/m0/s1. The van der Waals surface area contributed by atoms with E-state index in [0.29, 0.717) is 48.0 Å². The Balaban J connectivity index is 1.12. The minimum Gasteiger partial charge on any atom is -0.463 e. The Hall–Kier alpha value is -1.48. The summed E-state index contributed by atoms with van der Waals surface area (Å²) < 4.78 is 52.5. The molecule has 1 aromatic rings. The second-order valence-electron chi connectivity index (χ2n) is 16.1. The molecule has 0 N–H and O–H groups in total. The Morgan fingerprint density at radius 3 is 2.39 bits per heavy atom. The van der Waals surface area contributed by atoms with Gasteiger partial charge in [0.05, 0.1) is 17.6 Å². The largest absolute Gasteiger partial charge is 0.463 e. The molecule has 0 aromatic heterocycles. The topological polar surface area (TPSA) is 88.1 Å². The predicted molar refractivity (Wildman–Crippen MR) is 166 cm³/mol. The van der Waals surface area contributed by atoms with Crippen molar-refractivity contribution in [3.8, 4) is 0 Å². The van der Waals surface area contributed by atoms with E-state index < -0.39 is 22.0 Å². The van der Waals surface area contributed by atoms with E-state index in [0.717, 1.165) is 31.2 Å². The SMILES string of the molecule is CC(=O)O[C@H]1CC[C@@]2(C)[C@H](CC[C@@H]3[C@@H]2CC[C@]2(C)[C@@H]4[C@H](C[C@@H]32)O[C@@]2(OC[C@@H](C)C[C@@H]2OS(=O)(=O)c2ccc(C)cc2)[C@H]4C)C1. The first kappa shape index (κ1) is 31.1. The summed E-state index contributed by atoms with van der Waals surface area (Å²) in [5, 5.41) is 0. The van der Waals surface area contributed by atoms with Crippen LogP contribution in [0.3, 0.4) is 0 Å². The maximum Gasteiger partial charge on any atom is 0.302 e. The molecule has 4 saturated carbocycles. The summed E-state index contributed by atoms with van der Waals surface area (Å²) in [5.74, 6) is 1.90. The molecule has 6 fully saturated rings. The van der Waals surface area contributed by atoms with Crippen molar-refractivity contribution in [1.29, 1.82) is 0 Å². The number of fused-ring (bicyclic) bond motifs is 7. The monoisotopic (exact) mass is 628 g/mol. The number of carbonyl (C=O) groups is 1. The van der Waals surface area contributed by atoms with Crippen LogP contribution in [0, 0.1) is 59.2 Å². The van der Waals surface area contributed by atoms with Crippen molar-refractivity contribution in [2.24, 2.45) is 52.3 Å². The van der Waals surface area contributed by atoms with Crippen LogP contribution in [0.4, 0.5) is 0 Å². The van der Waals surface area contributed by atoms with Crippen molar-refractivity contribution in [2.45, 2.75) is 128 Å². The number of rotatable bonds is 4. The average Bonchev–Trinajstić information content (AvgIpc) is 3.41. The van der Waals surface area contributed by atoms with Gasteiger partial charge in [-0.15, -0.1) is 0 Å². The number of carbonyl (C=O) groups excluding carboxylic acids is 1. The van der Waals surface area contributed by atoms with Gasteiger partial charge in [-0.2, -0.15) is 8.42 Å². The normalized spacial score (nSPS) is 48.2. The van der Waals surface area contributed by atoms with Crippen LogP contribution in [0.5, 0.6) is 0 Å². The van der Waals surface area contributed by atoms with Crippen molar-refractivity contribution in [3.05, 3.63) is 29.8 Å². The van der Waals surface area contributed by atoms with Crippen LogP contribution in [0.25, 0.3) is 0 Å². The molecule has 7 rings (SSSR count). The first-order chi connectivity index (χ1) is 20.8. The van der Waals surface area contributed by atoms with Gasteiger partial charge < -0.3 is 14.2 Å². The minimum absolute atomic E-state index is 0.0239. The van der Waals surface area contributed by atoms with E-state index in [1.807, 2.05) is 19.1 Å². The first-order valence-electron chi connectivity index (χ1n) is 17.3. The third-order valence-electron chi connectivity index (χ3n) is 13.8. The molecule has 2 saturated heterocycles. The number of benzene rings is 1. The molecule has 4 aliphatic carbocycles. The lowest BCUT2D eigenvalue weighted by atomic mass is 9.44. The fourth-order valence-corrected chi connectivity index (χ4v) is 12.8. The summed E-state index contributed by atoms with van der Waals surface area (Å²) in [6, 6.07) is 6.87. The Morgan fingerprint density at radius 2 is 1.66 bits per heavy atom. The Bertz CT molecular complexity index is 1380. The van der Waals surface area contributed by atoms with Crippen LogP contribution in [-0.4, -0.2) is 45.1 Å². The van der Waals surface area contributed by atoms with Crippen LogP contribution >= 0.6 is 0 Å². The highest BCUT2D eigenvalue weighted by Crippen LogP contribution is 2.71. The van der Waals surface area contributed by atoms with Gasteiger partial charge in [-0.05, 0) is 123 Å². The van der Waals surface area contributed by atoms with E-state index in [1.54, 1.807) is 12.1 Å². The maximum absolute atomic E-state index is 13.5. The van der Waals surface area contributed by atoms with Gasteiger partial charge >= 0.3 is 5.97 Å². The summed E-state index contributed by atoms with van der Waals surface area (Å²) in [5.41, 5.74) is 1.43. The summed E-state index contributed by atoms with van der Waals surface area (Å²) in [7, 11) is -3.98. The smallest absolute Gasteiger partial charge is 0.302 e. The third-order valence-corrected chi connectivity index (χ3v) is 15.1. The quantitative estimate of drug-likeness (QED) is 0.261. The molecule has 44 heavy (non-hydrogen) atoms. The van der Waals surface area contributed by atoms with E-state index >= 15 is 0 Å². The van der Waals surface area contributed by atoms with Crippen LogP contribution in [0.2, 0.25) is 0 Å². The number of ether oxygens (including phenoxy) is 3. The van der Waals surface area contributed by atoms with E-state index in [4.69, 9.17) is 18.4 Å². The molecule has 1 aromatic carbocycles. The lowest BCUT2D eigenvalue weighted by Gasteiger charge is -2.61. The zero-order valence-electron chi connectivity index (χ0n) is 27.4. The minimum atomic E-state index is -3.98. The molecule has 0 amide bonds. The fourth-order valence-electron chi connectivity index (χ4n) is 11.7. The Morgan fingerprint density at radius 1 is 0.932 bits per heavy atom. The van der Waals surface area contributed by atoms with Gasteiger partial charge in [0.15, 0.2) is 5.79 Å². The second kappa shape index (κ2) is 10.8. The third kappa shape index (κ3) is 4.74. The summed E-state index contributed by atoms with van der Waals surface area (Å²) >= 11 is 0. The molecule has 1 spiro atoms. The lowest BCUT2D eigenvalue weighted by Crippen LogP contribution is -2.58. The summed E-state index contributed by atoms with van der Waals surface area (Å²) in [6.45, 7) is 13.4. The van der Waals surface area contributed by atoms with Crippen molar-refractivity contribution in [1.82, 2.24) is 0 Å².